The van der Waals surface area contributed by atoms with Crippen LogP contribution in [-0.2, 0) is 9.59 Å². The van der Waals surface area contributed by atoms with Gasteiger partial charge in [-0.15, -0.1) is 0 Å². The monoisotopic (exact) mass is 422 g/mol. The van der Waals surface area contributed by atoms with E-state index < -0.39 is 6.10 Å². The highest BCUT2D eigenvalue weighted by Gasteiger charge is 2.31. The van der Waals surface area contributed by atoms with Crippen LogP contribution in [0.5, 0.6) is 5.75 Å². The Morgan fingerprint density at radius 3 is 2.42 bits per heavy atom. The van der Waals surface area contributed by atoms with Crippen molar-refractivity contribution in [3.8, 4) is 5.75 Å². The zero-order valence-corrected chi connectivity index (χ0v) is 18.0. The largest absolute Gasteiger partial charge is 0.477 e. The second-order valence-corrected chi connectivity index (χ2v) is 8.07. The van der Waals surface area contributed by atoms with E-state index >= 15 is 0 Å². The van der Waals surface area contributed by atoms with Crippen LogP contribution in [0.2, 0.25) is 0 Å². The molecule has 2 N–H and O–H groups in total. The average Bonchev–Trinajstić information content (AvgIpc) is 3.08. The molecule has 4 rings (SSSR count). The van der Waals surface area contributed by atoms with Crippen LogP contribution in [0.4, 0.5) is 17.1 Å². The lowest BCUT2D eigenvalue weighted by atomic mass is 10.1. The van der Waals surface area contributed by atoms with Crippen LogP contribution in [0.15, 0.2) is 48.5 Å². The smallest absolute Gasteiger partial charge is 0.262 e. The Bertz CT molecular complexity index is 907. The molecule has 1 fully saturated rings. The van der Waals surface area contributed by atoms with Gasteiger partial charge < -0.3 is 25.2 Å². The van der Waals surface area contributed by atoms with Crippen LogP contribution in [0.25, 0.3) is 0 Å². The molecule has 7 heteroatoms. The van der Waals surface area contributed by atoms with Gasteiger partial charge in [-0.2, -0.15) is 0 Å². The van der Waals surface area contributed by atoms with E-state index in [1.807, 2.05) is 41.3 Å². The summed E-state index contributed by atoms with van der Waals surface area (Å²) in [6.07, 6.45) is 4.42. The van der Waals surface area contributed by atoms with Crippen LogP contribution in [0, 0.1) is 0 Å². The van der Waals surface area contributed by atoms with Crippen LogP contribution in [0.3, 0.4) is 0 Å². The molecule has 1 atom stereocenters. The summed E-state index contributed by atoms with van der Waals surface area (Å²) in [5, 5.41) is 5.60. The molecule has 2 heterocycles. The maximum absolute atomic E-state index is 12.8. The van der Waals surface area contributed by atoms with Gasteiger partial charge in [0, 0.05) is 31.5 Å². The van der Waals surface area contributed by atoms with E-state index in [1.54, 1.807) is 7.05 Å². The molecule has 2 aliphatic heterocycles. The first-order valence-corrected chi connectivity index (χ1v) is 11.0. The van der Waals surface area contributed by atoms with Gasteiger partial charge in [0.05, 0.1) is 18.8 Å². The van der Waals surface area contributed by atoms with Crippen molar-refractivity contribution in [3.63, 3.8) is 0 Å². The van der Waals surface area contributed by atoms with Crippen molar-refractivity contribution in [3.05, 3.63) is 48.5 Å². The lowest BCUT2D eigenvalue weighted by molar-refractivity contribution is -0.127. The number of fused-ring (bicyclic) bond motifs is 1. The van der Waals surface area contributed by atoms with Crippen molar-refractivity contribution in [1.29, 1.82) is 0 Å². The number of anilines is 3. The second kappa shape index (κ2) is 9.73. The molecule has 2 aromatic carbocycles. The van der Waals surface area contributed by atoms with E-state index in [0.717, 1.165) is 24.5 Å². The summed E-state index contributed by atoms with van der Waals surface area (Å²) in [7, 11) is 1.58. The molecule has 0 bridgehead atoms. The molecule has 164 valence electrons. The third-order valence-corrected chi connectivity index (χ3v) is 5.86. The SMILES string of the molecule is CNC(=O)C1CN(CC(=O)Nc2ccc(N3CCCCCC3)cc2)c2ccccc2O1. The Morgan fingerprint density at radius 1 is 1.00 bits per heavy atom. The van der Waals surface area contributed by atoms with Crippen molar-refractivity contribution in [2.75, 3.05) is 48.3 Å². The van der Waals surface area contributed by atoms with Gasteiger partial charge in [0.2, 0.25) is 5.91 Å². The normalized spacial score (nSPS) is 18.4. The quantitative estimate of drug-likeness (QED) is 0.775. The Hall–Kier alpha value is -3.22. The molecule has 1 unspecified atom stereocenters. The number of likely N-dealkylation sites (N-methyl/N-ethyl adjacent to an activating group) is 1. The second-order valence-electron chi connectivity index (χ2n) is 8.07. The molecule has 0 spiro atoms. The van der Waals surface area contributed by atoms with E-state index in [0.29, 0.717) is 12.3 Å². The van der Waals surface area contributed by atoms with Crippen LogP contribution >= 0.6 is 0 Å². The van der Waals surface area contributed by atoms with Gasteiger partial charge in [0.1, 0.15) is 5.75 Å². The number of nitrogens with zero attached hydrogens (tertiary/aromatic N) is 2. The van der Waals surface area contributed by atoms with E-state index in [2.05, 4.69) is 27.7 Å². The van der Waals surface area contributed by atoms with Gasteiger partial charge >= 0.3 is 0 Å². The predicted molar refractivity (Wildman–Crippen MR) is 123 cm³/mol. The molecule has 2 aliphatic rings. The number of hydrogen-bond acceptors (Lipinski definition) is 5. The Kier molecular flexibility index (Phi) is 6.60. The first-order chi connectivity index (χ1) is 15.1. The maximum atomic E-state index is 12.8. The van der Waals surface area contributed by atoms with E-state index in [4.69, 9.17) is 4.74 Å². The molecule has 2 amide bonds. The van der Waals surface area contributed by atoms with Crippen LogP contribution in [0.1, 0.15) is 25.7 Å². The topological polar surface area (TPSA) is 73.9 Å². The van der Waals surface area contributed by atoms with Gasteiger partial charge in [-0.05, 0) is 49.2 Å². The summed E-state index contributed by atoms with van der Waals surface area (Å²) in [6.45, 7) is 2.64. The number of ether oxygens (including phenoxy) is 1. The molecular weight excluding hydrogens is 392 g/mol. The highest BCUT2D eigenvalue weighted by Crippen LogP contribution is 2.33. The Labute approximate surface area is 183 Å². The summed E-state index contributed by atoms with van der Waals surface area (Å²) in [4.78, 5) is 29.2. The number of benzene rings is 2. The number of hydrogen-bond donors (Lipinski definition) is 2. The van der Waals surface area contributed by atoms with E-state index in [1.165, 1.54) is 31.4 Å². The van der Waals surface area contributed by atoms with Gasteiger partial charge in [-0.3, -0.25) is 9.59 Å². The van der Waals surface area contributed by atoms with E-state index in [9.17, 15) is 9.59 Å². The van der Waals surface area contributed by atoms with Gasteiger partial charge in [-0.25, -0.2) is 0 Å². The highest BCUT2D eigenvalue weighted by molar-refractivity contribution is 5.95. The standard InChI is InChI=1S/C24H30N4O3/c1-25-24(30)22-16-28(20-8-4-5-9-21(20)31-22)17-23(29)26-18-10-12-19(13-11-18)27-14-6-2-3-7-15-27/h4-5,8-13,22H,2-3,6-7,14-17H2,1H3,(H,25,30)(H,26,29). The lowest BCUT2D eigenvalue weighted by Gasteiger charge is -2.35. The first kappa shape index (κ1) is 21.0. The minimum atomic E-state index is -0.652. The fourth-order valence-corrected chi connectivity index (χ4v) is 4.21. The summed E-state index contributed by atoms with van der Waals surface area (Å²) >= 11 is 0. The number of rotatable bonds is 5. The molecule has 7 nitrogen and oxygen atoms in total. The average molecular weight is 423 g/mol. The third kappa shape index (κ3) is 5.10. The molecule has 2 aromatic rings. The summed E-state index contributed by atoms with van der Waals surface area (Å²) in [5.74, 6) is 0.274. The number of carbonyl (C=O) groups excluding carboxylic acids is 2. The lowest BCUT2D eigenvalue weighted by Crippen LogP contribution is -2.50. The zero-order valence-electron chi connectivity index (χ0n) is 18.0. The van der Waals surface area contributed by atoms with Crippen LogP contribution in [-0.4, -0.2) is 51.1 Å². The summed E-state index contributed by atoms with van der Waals surface area (Å²) in [6, 6.07) is 15.5. The highest BCUT2D eigenvalue weighted by atomic mass is 16.5. The fraction of sp³-hybridized carbons (Fsp3) is 0.417. The Balaban J connectivity index is 1.40. The fourth-order valence-electron chi connectivity index (χ4n) is 4.21. The molecule has 31 heavy (non-hydrogen) atoms. The van der Waals surface area contributed by atoms with Gasteiger partial charge in [0.25, 0.3) is 5.91 Å². The minimum absolute atomic E-state index is 0.130. The number of para-hydroxylation sites is 2. The predicted octanol–water partition coefficient (Wildman–Crippen LogP) is 3.02. The molecule has 0 saturated carbocycles. The minimum Gasteiger partial charge on any atom is -0.477 e. The third-order valence-electron chi connectivity index (χ3n) is 5.86. The number of nitrogens with one attached hydrogen (secondary N) is 2. The summed E-state index contributed by atoms with van der Waals surface area (Å²) < 4.78 is 5.80. The van der Waals surface area contributed by atoms with Crippen LogP contribution < -0.4 is 25.2 Å². The van der Waals surface area contributed by atoms with Crippen molar-refractivity contribution in [2.45, 2.75) is 31.8 Å². The van der Waals surface area contributed by atoms with E-state index in [-0.39, 0.29) is 18.4 Å². The molecule has 1 saturated heterocycles. The Morgan fingerprint density at radius 2 is 1.71 bits per heavy atom. The molecule has 0 aliphatic carbocycles. The van der Waals surface area contributed by atoms with Crippen molar-refractivity contribution < 1.29 is 14.3 Å². The van der Waals surface area contributed by atoms with Crippen molar-refractivity contribution >= 4 is 28.9 Å². The van der Waals surface area contributed by atoms with Gasteiger partial charge in [0.15, 0.2) is 6.10 Å². The zero-order chi connectivity index (χ0) is 21.6. The summed E-state index contributed by atoms with van der Waals surface area (Å²) in [5.41, 5.74) is 2.79. The van der Waals surface area contributed by atoms with Crippen molar-refractivity contribution in [1.82, 2.24) is 5.32 Å². The molecular formula is C24H30N4O3. The van der Waals surface area contributed by atoms with Gasteiger partial charge in [-0.1, -0.05) is 25.0 Å². The number of amides is 2. The maximum Gasteiger partial charge on any atom is 0.262 e. The number of carbonyl (C=O) groups is 2. The molecule has 0 aromatic heterocycles. The van der Waals surface area contributed by atoms with Crippen molar-refractivity contribution in [2.24, 2.45) is 0 Å². The first-order valence-electron chi connectivity index (χ1n) is 11.0. The molecule has 0 radical (unpaired) electrons.